The second-order valence-electron chi connectivity index (χ2n) is 7.58. The number of nitriles is 1. The number of hydrogen-bond donors (Lipinski definition) is 0. The van der Waals surface area contributed by atoms with Crippen LogP contribution in [0.4, 0.5) is 0 Å². The zero-order chi connectivity index (χ0) is 17.3. The van der Waals surface area contributed by atoms with Gasteiger partial charge in [0.1, 0.15) is 5.68 Å². The van der Waals surface area contributed by atoms with E-state index in [0.29, 0.717) is 5.56 Å². The second kappa shape index (κ2) is 6.40. The topological polar surface area (TPSA) is 53.2 Å². The lowest BCUT2D eigenvalue weighted by molar-refractivity contribution is -0.109. The van der Waals surface area contributed by atoms with Gasteiger partial charge in [-0.3, -0.25) is 4.99 Å². The van der Waals surface area contributed by atoms with Crippen LogP contribution >= 0.6 is 0 Å². The lowest BCUT2D eigenvalue weighted by Gasteiger charge is -2.32. The summed E-state index contributed by atoms with van der Waals surface area (Å²) >= 11 is 0. The summed E-state index contributed by atoms with van der Waals surface area (Å²) in [5, 5.41) is 8.91. The number of hydrogen-bond acceptors (Lipinski definition) is 3. The van der Waals surface area contributed by atoms with Crippen molar-refractivity contribution in [2.75, 3.05) is 0 Å². The molecular weight excluding hydrogens is 295 g/mol. The summed E-state index contributed by atoms with van der Waals surface area (Å²) in [5.41, 5.74) is 5.05. The van der Waals surface area contributed by atoms with E-state index in [4.69, 9.17) is 5.26 Å². The number of rotatable bonds is 2. The zero-order valence-corrected chi connectivity index (χ0v) is 14.6. The highest BCUT2D eigenvalue weighted by molar-refractivity contribution is 6.80. The maximum atomic E-state index is 12.8. The Hall–Kier alpha value is -2.15. The van der Waals surface area contributed by atoms with Crippen molar-refractivity contribution >= 4 is 19.2 Å². The third kappa shape index (κ3) is 3.36. The van der Waals surface area contributed by atoms with Crippen LogP contribution < -0.4 is 0 Å². The molecule has 0 spiro atoms. The molecular formula is C20H22BN2O. The van der Waals surface area contributed by atoms with Crippen LogP contribution in [-0.2, 0) is 11.2 Å². The number of aryl methyl sites for hydroxylation is 1. The van der Waals surface area contributed by atoms with Gasteiger partial charge in [-0.2, -0.15) is 5.26 Å². The number of allylic oxidation sites excluding steroid dienone is 2. The van der Waals surface area contributed by atoms with Crippen molar-refractivity contribution in [1.82, 2.24) is 0 Å². The van der Waals surface area contributed by atoms with Gasteiger partial charge in [-0.25, -0.2) is 0 Å². The third-order valence-electron chi connectivity index (χ3n) is 4.96. The predicted molar refractivity (Wildman–Crippen MR) is 97.3 cm³/mol. The van der Waals surface area contributed by atoms with Crippen LogP contribution in [0, 0.1) is 24.2 Å². The molecule has 1 aromatic rings. The van der Waals surface area contributed by atoms with Crippen LogP contribution in [0.2, 0.25) is 5.31 Å². The zero-order valence-electron chi connectivity index (χ0n) is 14.6. The van der Waals surface area contributed by atoms with Crippen LogP contribution in [-0.4, -0.2) is 19.2 Å². The van der Waals surface area contributed by atoms with E-state index in [9.17, 15) is 4.79 Å². The maximum Gasteiger partial charge on any atom is 0.215 e. The standard InChI is InChI=1S/C20H22BN2O/c1-13-9-14(12-22)6-7-15(13)10-16-5-4-8-23-17-11-20(2,3)21-19(24)18(16)17/h6-9,16H,4-5,10-11H2,1-3H3. The Balaban J connectivity index is 1.93. The maximum absolute atomic E-state index is 12.8. The third-order valence-corrected chi connectivity index (χ3v) is 4.96. The van der Waals surface area contributed by atoms with Crippen molar-refractivity contribution in [2.24, 2.45) is 10.9 Å². The first-order valence-corrected chi connectivity index (χ1v) is 8.55. The van der Waals surface area contributed by atoms with Crippen LogP contribution in [0.5, 0.6) is 0 Å². The Morgan fingerprint density at radius 3 is 2.92 bits per heavy atom. The Morgan fingerprint density at radius 2 is 2.21 bits per heavy atom. The molecule has 3 rings (SSSR count). The molecule has 4 heteroatoms. The van der Waals surface area contributed by atoms with E-state index in [1.165, 1.54) is 5.56 Å². The van der Waals surface area contributed by atoms with Gasteiger partial charge in [0, 0.05) is 17.5 Å². The molecule has 3 nitrogen and oxygen atoms in total. The molecule has 0 fully saturated rings. The molecule has 1 aromatic carbocycles. The van der Waals surface area contributed by atoms with Gasteiger partial charge >= 0.3 is 0 Å². The lowest BCUT2D eigenvalue weighted by atomic mass is 9.45. The molecule has 1 radical (unpaired) electrons. The van der Waals surface area contributed by atoms with Crippen LogP contribution in [0.25, 0.3) is 0 Å². The predicted octanol–water partition coefficient (Wildman–Crippen LogP) is 3.98. The number of benzene rings is 1. The van der Waals surface area contributed by atoms with E-state index in [1.807, 2.05) is 38.6 Å². The first kappa shape index (κ1) is 16.7. The minimum absolute atomic E-state index is 0.119. The van der Waals surface area contributed by atoms with E-state index in [0.717, 1.165) is 42.5 Å². The van der Waals surface area contributed by atoms with Crippen molar-refractivity contribution < 1.29 is 4.79 Å². The number of carbonyl (C=O) groups is 1. The van der Waals surface area contributed by atoms with E-state index >= 15 is 0 Å². The number of carbonyl (C=O) groups excluding carboxylic acids is 1. The highest BCUT2D eigenvalue weighted by Crippen LogP contribution is 2.42. The molecule has 0 N–H and O–H groups in total. The average molecular weight is 317 g/mol. The molecule has 1 atom stereocenters. The minimum atomic E-state index is -0.119. The van der Waals surface area contributed by atoms with Crippen molar-refractivity contribution in [3.05, 3.63) is 46.2 Å². The van der Waals surface area contributed by atoms with E-state index < -0.39 is 0 Å². The Bertz CT molecular complexity index is 783. The summed E-state index contributed by atoms with van der Waals surface area (Å²) in [4.78, 5) is 17.4. The van der Waals surface area contributed by atoms with Gasteiger partial charge < -0.3 is 4.79 Å². The smallest absolute Gasteiger partial charge is 0.215 e. The normalized spacial score (nSPS) is 22.4. The van der Waals surface area contributed by atoms with Gasteiger partial charge in [-0.05, 0) is 67.1 Å². The number of nitrogens with zero attached hydrogens (tertiary/aromatic N) is 2. The van der Waals surface area contributed by atoms with Gasteiger partial charge in [-0.1, -0.05) is 19.9 Å². The van der Waals surface area contributed by atoms with Crippen LogP contribution in [0.15, 0.2) is 34.5 Å². The van der Waals surface area contributed by atoms with Gasteiger partial charge in [0.2, 0.25) is 7.28 Å². The Labute approximate surface area is 144 Å². The van der Waals surface area contributed by atoms with Gasteiger partial charge in [0.25, 0.3) is 0 Å². The fourth-order valence-corrected chi connectivity index (χ4v) is 3.76. The second-order valence-corrected chi connectivity index (χ2v) is 7.58. The molecule has 0 saturated carbocycles. The summed E-state index contributed by atoms with van der Waals surface area (Å²) in [6.07, 6.45) is 5.48. The SMILES string of the molecule is Cc1cc(C#N)ccc1CC1CCC=NC2=C1C(=O)[B]C(C)(C)C2. The quantitative estimate of drug-likeness (QED) is 0.775. The number of aliphatic imine (C=N–C) groups is 1. The Kier molecular flexibility index (Phi) is 4.45. The van der Waals surface area contributed by atoms with E-state index in [-0.39, 0.29) is 16.9 Å². The molecule has 2 heterocycles. The van der Waals surface area contributed by atoms with E-state index in [1.54, 1.807) is 0 Å². The molecule has 2 aliphatic rings. The fraction of sp³-hybridized carbons (Fsp3) is 0.450. The largest absolute Gasteiger partial charge is 0.307 e. The summed E-state index contributed by atoms with van der Waals surface area (Å²) in [7, 11) is 1.87. The fourth-order valence-electron chi connectivity index (χ4n) is 3.76. The Morgan fingerprint density at radius 1 is 1.42 bits per heavy atom. The van der Waals surface area contributed by atoms with Crippen molar-refractivity contribution in [3.63, 3.8) is 0 Å². The molecule has 1 unspecified atom stereocenters. The van der Waals surface area contributed by atoms with Gasteiger partial charge in [0.15, 0.2) is 0 Å². The molecule has 2 aliphatic heterocycles. The summed E-state index contributed by atoms with van der Waals surface area (Å²) < 4.78 is 0. The molecule has 0 saturated heterocycles. The molecule has 0 bridgehead atoms. The van der Waals surface area contributed by atoms with Crippen LogP contribution in [0.1, 0.15) is 49.8 Å². The van der Waals surface area contributed by atoms with Gasteiger partial charge in [0.05, 0.1) is 11.6 Å². The molecule has 24 heavy (non-hydrogen) atoms. The summed E-state index contributed by atoms with van der Waals surface area (Å²) in [5.74, 6) is 0.203. The monoisotopic (exact) mass is 317 g/mol. The highest BCUT2D eigenvalue weighted by atomic mass is 16.1. The average Bonchev–Trinajstić information content (AvgIpc) is 2.70. The summed E-state index contributed by atoms with van der Waals surface area (Å²) in [6.45, 7) is 6.22. The lowest BCUT2D eigenvalue weighted by Crippen LogP contribution is -2.33. The highest BCUT2D eigenvalue weighted by Gasteiger charge is 2.37. The first-order chi connectivity index (χ1) is 11.4. The van der Waals surface area contributed by atoms with E-state index in [2.05, 4.69) is 24.9 Å². The van der Waals surface area contributed by atoms with Crippen molar-refractivity contribution in [1.29, 1.82) is 5.26 Å². The molecule has 0 aromatic heterocycles. The van der Waals surface area contributed by atoms with Crippen molar-refractivity contribution in [2.45, 2.75) is 51.8 Å². The minimum Gasteiger partial charge on any atom is -0.307 e. The summed E-state index contributed by atoms with van der Waals surface area (Å²) in [6, 6.07) is 8.00. The molecule has 0 amide bonds. The van der Waals surface area contributed by atoms with Crippen LogP contribution in [0.3, 0.4) is 0 Å². The molecule has 121 valence electrons. The first-order valence-electron chi connectivity index (χ1n) is 8.55. The van der Waals surface area contributed by atoms with Gasteiger partial charge in [-0.15, -0.1) is 0 Å². The van der Waals surface area contributed by atoms with Crippen molar-refractivity contribution in [3.8, 4) is 6.07 Å². The molecule has 0 aliphatic carbocycles.